The minimum atomic E-state index is 0.637. The van der Waals surface area contributed by atoms with E-state index in [-0.39, 0.29) is 0 Å². The summed E-state index contributed by atoms with van der Waals surface area (Å²) in [5, 5.41) is 7.80. The van der Waals surface area contributed by atoms with E-state index in [1.54, 1.807) is 0 Å². The molecular weight excluding hydrogens is 198 g/mol. The molecule has 1 aliphatic heterocycles. The Morgan fingerprint density at radius 3 is 2.88 bits per heavy atom. The van der Waals surface area contributed by atoms with Gasteiger partial charge >= 0.3 is 0 Å². The lowest BCUT2D eigenvalue weighted by atomic mass is 10.0. The van der Waals surface area contributed by atoms with E-state index in [0.717, 1.165) is 18.8 Å². The predicted octanol–water partition coefficient (Wildman–Crippen LogP) is 1.95. The normalized spacial score (nSPS) is 20.1. The van der Waals surface area contributed by atoms with Crippen molar-refractivity contribution in [3.8, 4) is 5.69 Å². The van der Waals surface area contributed by atoms with E-state index in [2.05, 4.69) is 28.7 Å². The first kappa shape index (κ1) is 9.60. The quantitative estimate of drug-likeness (QED) is 0.826. The van der Waals surface area contributed by atoms with Gasteiger partial charge in [-0.25, -0.2) is 4.68 Å². The summed E-state index contributed by atoms with van der Waals surface area (Å²) in [6.45, 7) is 2.21. The molecule has 0 spiro atoms. The number of hydrogen-bond acceptors (Lipinski definition) is 2. The van der Waals surface area contributed by atoms with Crippen LogP contribution in [0.3, 0.4) is 0 Å². The summed E-state index contributed by atoms with van der Waals surface area (Å²) < 4.78 is 1.95. The molecule has 0 amide bonds. The van der Waals surface area contributed by atoms with E-state index in [0.29, 0.717) is 5.92 Å². The lowest BCUT2D eigenvalue weighted by Gasteiger charge is -2.03. The van der Waals surface area contributed by atoms with E-state index >= 15 is 0 Å². The maximum atomic E-state index is 4.42. The molecule has 2 heterocycles. The van der Waals surface area contributed by atoms with Crippen molar-refractivity contribution < 1.29 is 0 Å². The highest BCUT2D eigenvalue weighted by atomic mass is 15.3. The monoisotopic (exact) mass is 213 g/mol. The maximum Gasteiger partial charge on any atom is 0.0645 e. The van der Waals surface area contributed by atoms with Crippen LogP contribution in [0.4, 0.5) is 0 Å². The molecule has 3 nitrogen and oxygen atoms in total. The van der Waals surface area contributed by atoms with Gasteiger partial charge in [0.05, 0.1) is 11.9 Å². The lowest BCUT2D eigenvalue weighted by Crippen LogP contribution is -2.07. The Labute approximate surface area is 95.1 Å². The van der Waals surface area contributed by atoms with Crippen molar-refractivity contribution in [1.82, 2.24) is 15.1 Å². The van der Waals surface area contributed by atoms with Gasteiger partial charge in [-0.3, -0.25) is 0 Å². The molecule has 2 aromatic rings. The van der Waals surface area contributed by atoms with Crippen LogP contribution < -0.4 is 5.32 Å². The highest BCUT2D eigenvalue weighted by Crippen LogP contribution is 2.22. The number of hydrogen-bond donors (Lipinski definition) is 1. The Bertz CT molecular complexity index is 455. The third kappa shape index (κ3) is 1.74. The van der Waals surface area contributed by atoms with Crippen molar-refractivity contribution in [2.75, 3.05) is 13.1 Å². The van der Waals surface area contributed by atoms with Gasteiger partial charge in [-0.1, -0.05) is 18.2 Å². The molecule has 1 aromatic heterocycles. The largest absolute Gasteiger partial charge is 0.316 e. The van der Waals surface area contributed by atoms with Gasteiger partial charge in [0, 0.05) is 18.7 Å². The molecule has 82 valence electrons. The average molecular weight is 213 g/mol. The average Bonchev–Trinajstić information content (AvgIpc) is 3.01. The maximum absolute atomic E-state index is 4.42. The van der Waals surface area contributed by atoms with Gasteiger partial charge in [0.2, 0.25) is 0 Å². The fraction of sp³-hybridized carbons (Fsp3) is 0.308. The smallest absolute Gasteiger partial charge is 0.0645 e. The topological polar surface area (TPSA) is 29.9 Å². The van der Waals surface area contributed by atoms with Crippen molar-refractivity contribution in [3.05, 3.63) is 48.3 Å². The van der Waals surface area contributed by atoms with Crippen LogP contribution in [0.25, 0.3) is 5.69 Å². The Kier molecular flexibility index (Phi) is 2.46. The molecule has 0 saturated carbocycles. The lowest BCUT2D eigenvalue weighted by molar-refractivity contribution is 0.762. The van der Waals surface area contributed by atoms with Crippen molar-refractivity contribution in [3.63, 3.8) is 0 Å². The second-order valence-electron chi connectivity index (χ2n) is 4.24. The molecule has 1 aromatic carbocycles. The fourth-order valence-corrected chi connectivity index (χ4v) is 2.21. The summed E-state index contributed by atoms with van der Waals surface area (Å²) >= 11 is 0. The Hall–Kier alpha value is -1.61. The zero-order valence-electron chi connectivity index (χ0n) is 9.13. The zero-order chi connectivity index (χ0) is 10.8. The summed E-state index contributed by atoms with van der Waals surface area (Å²) in [5.41, 5.74) is 2.47. The summed E-state index contributed by atoms with van der Waals surface area (Å²) in [7, 11) is 0. The van der Waals surface area contributed by atoms with E-state index in [4.69, 9.17) is 0 Å². The molecule has 1 atom stereocenters. The second-order valence-corrected chi connectivity index (χ2v) is 4.24. The third-order valence-electron chi connectivity index (χ3n) is 3.16. The number of aromatic nitrogens is 2. The summed E-state index contributed by atoms with van der Waals surface area (Å²) in [5.74, 6) is 0.637. The van der Waals surface area contributed by atoms with Crippen LogP contribution in [-0.2, 0) is 0 Å². The number of rotatable bonds is 2. The molecule has 0 radical (unpaired) electrons. The van der Waals surface area contributed by atoms with Crippen molar-refractivity contribution in [1.29, 1.82) is 0 Å². The molecule has 1 N–H and O–H groups in total. The fourth-order valence-electron chi connectivity index (χ4n) is 2.21. The SMILES string of the molecule is c1ccc(-n2cc(C3CCNC3)cn2)cc1. The van der Waals surface area contributed by atoms with Gasteiger partial charge in [-0.2, -0.15) is 5.10 Å². The number of benzene rings is 1. The van der Waals surface area contributed by atoms with Crippen LogP contribution in [0, 0.1) is 0 Å². The predicted molar refractivity (Wildman–Crippen MR) is 63.8 cm³/mol. The van der Waals surface area contributed by atoms with Gasteiger partial charge in [-0.15, -0.1) is 0 Å². The van der Waals surface area contributed by atoms with Crippen molar-refractivity contribution in [2.24, 2.45) is 0 Å². The van der Waals surface area contributed by atoms with E-state index < -0.39 is 0 Å². The summed E-state index contributed by atoms with van der Waals surface area (Å²) in [4.78, 5) is 0. The minimum Gasteiger partial charge on any atom is -0.316 e. The van der Waals surface area contributed by atoms with E-state index in [1.807, 2.05) is 29.1 Å². The van der Waals surface area contributed by atoms with Crippen LogP contribution in [-0.4, -0.2) is 22.9 Å². The van der Waals surface area contributed by atoms with Crippen LogP contribution in [0.15, 0.2) is 42.7 Å². The molecule has 3 heteroatoms. The van der Waals surface area contributed by atoms with E-state index in [9.17, 15) is 0 Å². The standard InChI is InChI=1S/C13H15N3/c1-2-4-13(5-3-1)16-10-12(9-15-16)11-6-7-14-8-11/h1-5,9-11,14H,6-8H2. The second kappa shape index (κ2) is 4.10. The molecule has 0 bridgehead atoms. The Morgan fingerprint density at radius 1 is 1.25 bits per heavy atom. The first-order chi connectivity index (χ1) is 7.93. The molecule has 3 rings (SSSR count). The molecule has 1 saturated heterocycles. The number of para-hydroxylation sites is 1. The van der Waals surface area contributed by atoms with Gasteiger partial charge < -0.3 is 5.32 Å². The van der Waals surface area contributed by atoms with Crippen LogP contribution >= 0.6 is 0 Å². The van der Waals surface area contributed by atoms with Gasteiger partial charge in [0.25, 0.3) is 0 Å². The molecule has 0 aliphatic carbocycles. The Balaban J connectivity index is 1.87. The summed E-state index contributed by atoms with van der Waals surface area (Å²) in [6, 6.07) is 10.2. The molecule has 1 unspecified atom stereocenters. The summed E-state index contributed by atoms with van der Waals surface area (Å²) in [6.07, 6.45) is 5.36. The van der Waals surface area contributed by atoms with Crippen LogP contribution in [0.5, 0.6) is 0 Å². The highest BCUT2D eigenvalue weighted by molar-refractivity contribution is 5.31. The molecule has 1 aliphatic rings. The van der Waals surface area contributed by atoms with Crippen molar-refractivity contribution >= 4 is 0 Å². The van der Waals surface area contributed by atoms with Gasteiger partial charge in [0.15, 0.2) is 0 Å². The molecular formula is C13H15N3. The van der Waals surface area contributed by atoms with E-state index in [1.165, 1.54) is 12.0 Å². The Morgan fingerprint density at radius 2 is 2.12 bits per heavy atom. The number of nitrogens with zero attached hydrogens (tertiary/aromatic N) is 2. The van der Waals surface area contributed by atoms with Gasteiger partial charge in [0.1, 0.15) is 0 Å². The first-order valence-corrected chi connectivity index (χ1v) is 5.74. The molecule has 16 heavy (non-hydrogen) atoms. The first-order valence-electron chi connectivity index (χ1n) is 5.74. The third-order valence-corrected chi connectivity index (χ3v) is 3.16. The minimum absolute atomic E-state index is 0.637. The zero-order valence-corrected chi connectivity index (χ0v) is 9.13. The number of nitrogens with one attached hydrogen (secondary N) is 1. The van der Waals surface area contributed by atoms with Gasteiger partial charge in [-0.05, 0) is 30.7 Å². The van der Waals surface area contributed by atoms with Crippen molar-refractivity contribution in [2.45, 2.75) is 12.3 Å². The van der Waals surface area contributed by atoms with Crippen LogP contribution in [0.1, 0.15) is 17.9 Å². The molecule has 1 fully saturated rings. The highest BCUT2D eigenvalue weighted by Gasteiger charge is 2.17. The van der Waals surface area contributed by atoms with Crippen LogP contribution in [0.2, 0.25) is 0 Å².